The zero-order chi connectivity index (χ0) is 37.3. The summed E-state index contributed by atoms with van der Waals surface area (Å²) in [6.07, 6.45) is 8.96. The van der Waals surface area contributed by atoms with Crippen molar-refractivity contribution < 1.29 is 28.6 Å². The molecule has 1 aliphatic carbocycles. The highest BCUT2D eigenvalue weighted by Gasteiger charge is 2.29. The number of benzene rings is 2. The average molecular weight is 713 g/mol. The number of alkyl carbamates (subject to hydrolysis) is 1. The molecule has 5 rings (SSSR count). The van der Waals surface area contributed by atoms with Crippen molar-refractivity contribution in [2.24, 2.45) is 0 Å². The molecule has 1 amide bonds. The largest absolute Gasteiger partial charge is 0.459 e. The molecule has 278 valence electrons. The van der Waals surface area contributed by atoms with Crippen molar-refractivity contribution in [2.75, 3.05) is 19.7 Å². The summed E-state index contributed by atoms with van der Waals surface area (Å²) in [5.41, 5.74) is 3.58. The van der Waals surface area contributed by atoms with Crippen LogP contribution in [-0.2, 0) is 50.0 Å². The maximum atomic E-state index is 12.7. The quantitative estimate of drug-likeness (QED) is 0.0789. The van der Waals surface area contributed by atoms with E-state index in [1.165, 1.54) is 22.3 Å². The first-order valence-corrected chi connectivity index (χ1v) is 18.0. The Bertz CT molecular complexity index is 1700. The average Bonchev–Trinajstić information content (AvgIpc) is 3.77. The predicted octanol–water partition coefficient (Wildman–Crippen LogP) is 6.47. The molecular formula is C40H52N6O6. The fourth-order valence-corrected chi connectivity index (χ4v) is 6.39. The SMILES string of the molecule is CC(C)(C)OC(=O)Cn1ccnc1CN(CCCCCNC(=O)OCC1c2ccccc2-c2ccccc21)Cc1nccn1CC(=O)OC(C)(C)C. The second-order valence-electron chi connectivity index (χ2n) is 15.1. The van der Waals surface area contributed by atoms with Crippen molar-refractivity contribution in [1.29, 1.82) is 0 Å². The van der Waals surface area contributed by atoms with Crippen LogP contribution >= 0.6 is 0 Å². The Labute approximate surface area is 306 Å². The second-order valence-corrected chi connectivity index (χ2v) is 15.1. The molecule has 0 saturated carbocycles. The minimum Gasteiger partial charge on any atom is -0.459 e. The molecule has 2 heterocycles. The van der Waals surface area contributed by atoms with Gasteiger partial charge >= 0.3 is 18.0 Å². The zero-order valence-corrected chi connectivity index (χ0v) is 31.3. The molecule has 4 aromatic rings. The van der Waals surface area contributed by atoms with Crippen LogP contribution in [-0.4, -0.2) is 72.9 Å². The summed E-state index contributed by atoms with van der Waals surface area (Å²) in [5.74, 6) is 0.773. The van der Waals surface area contributed by atoms with Crippen molar-refractivity contribution in [3.63, 3.8) is 0 Å². The summed E-state index contributed by atoms with van der Waals surface area (Å²) in [7, 11) is 0. The third kappa shape index (κ3) is 11.0. The standard InChI is InChI=1S/C40H52N6O6/c1-39(2,3)51-36(47)26-45-22-19-41-34(45)24-44(25-35-42-20-23-46(35)27-37(48)52-40(4,5)6)21-13-7-12-18-43-38(49)50-28-33-31-16-10-8-14-29(31)30-15-9-11-17-32(30)33/h8-11,14-17,19-20,22-23,33H,7,12-13,18,21,24-28H2,1-6H3,(H,43,49). The number of imidazole rings is 2. The van der Waals surface area contributed by atoms with Crippen LogP contribution in [0.15, 0.2) is 73.3 Å². The van der Waals surface area contributed by atoms with Crippen molar-refractivity contribution in [3.8, 4) is 11.1 Å². The summed E-state index contributed by atoms with van der Waals surface area (Å²) >= 11 is 0. The molecule has 1 N–H and O–H groups in total. The molecule has 52 heavy (non-hydrogen) atoms. The number of hydrogen-bond donors (Lipinski definition) is 1. The predicted molar refractivity (Wildman–Crippen MR) is 197 cm³/mol. The molecule has 0 atom stereocenters. The number of hydrogen-bond acceptors (Lipinski definition) is 9. The Morgan fingerprint density at radius 1 is 0.731 bits per heavy atom. The summed E-state index contributed by atoms with van der Waals surface area (Å²) in [6, 6.07) is 16.6. The molecule has 0 saturated heterocycles. The summed E-state index contributed by atoms with van der Waals surface area (Å²) in [4.78, 5) is 49.2. The number of fused-ring (bicyclic) bond motifs is 3. The van der Waals surface area contributed by atoms with Crippen LogP contribution < -0.4 is 5.32 Å². The number of amides is 1. The Balaban J connectivity index is 1.13. The molecule has 2 aromatic heterocycles. The van der Waals surface area contributed by atoms with E-state index in [4.69, 9.17) is 14.2 Å². The van der Waals surface area contributed by atoms with Crippen LogP contribution in [0, 0.1) is 0 Å². The highest BCUT2D eigenvalue weighted by molar-refractivity contribution is 5.79. The molecule has 0 spiro atoms. The van der Waals surface area contributed by atoms with E-state index in [2.05, 4.69) is 44.5 Å². The minimum atomic E-state index is -0.588. The molecule has 0 unspecified atom stereocenters. The molecule has 0 bridgehead atoms. The van der Waals surface area contributed by atoms with E-state index in [-0.39, 0.29) is 37.6 Å². The van der Waals surface area contributed by atoms with Gasteiger partial charge in [0.1, 0.15) is 42.5 Å². The first kappa shape index (κ1) is 38.3. The van der Waals surface area contributed by atoms with Gasteiger partial charge in [0, 0.05) is 37.3 Å². The van der Waals surface area contributed by atoms with Crippen molar-refractivity contribution >= 4 is 18.0 Å². The summed E-state index contributed by atoms with van der Waals surface area (Å²) < 4.78 is 20.4. The van der Waals surface area contributed by atoms with E-state index in [1.807, 2.05) is 65.8 Å². The smallest absolute Gasteiger partial charge is 0.407 e. The van der Waals surface area contributed by atoms with Gasteiger partial charge in [-0.1, -0.05) is 55.0 Å². The number of rotatable bonds is 16. The molecule has 12 heteroatoms. The Morgan fingerprint density at radius 3 is 1.73 bits per heavy atom. The number of nitrogens with zero attached hydrogens (tertiary/aromatic N) is 5. The number of esters is 2. The highest BCUT2D eigenvalue weighted by atomic mass is 16.6. The second kappa shape index (κ2) is 17.0. The molecule has 2 aromatic carbocycles. The highest BCUT2D eigenvalue weighted by Crippen LogP contribution is 2.44. The van der Waals surface area contributed by atoms with Crippen molar-refractivity contribution in [1.82, 2.24) is 29.3 Å². The maximum Gasteiger partial charge on any atom is 0.407 e. The van der Waals surface area contributed by atoms with Crippen LogP contribution in [0.4, 0.5) is 4.79 Å². The fourth-order valence-electron chi connectivity index (χ4n) is 6.39. The molecule has 0 aliphatic heterocycles. The van der Waals surface area contributed by atoms with Gasteiger partial charge in [-0.15, -0.1) is 0 Å². The molecule has 0 radical (unpaired) electrons. The number of unbranched alkanes of at least 4 members (excludes halogenated alkanes) is 2. The van der Waals surface area contributed by atoms with E-state index in [0.717, 1.165) is 19.3 Å². The Hall–Kier alpha value is -4.97. The van der Waals surface area contributed by atoms with Gasteiger partial charge in [0.2, 0.25) is 0 Å². The molecule has 12 nitrogen and oxygen atoms in total. The normalized spacial score (nSPS) is 12.8. The van der Waals surface area contributed by atoms with Crippen LogP contribution in [0.25, 0.3) is 11.1 Å². The number of carbonyl (C=O) groups is 3. The van der Waals surface area contributed by atoms with Gasteiger partial charge in [-0.3, -0.25) is 14.5 Å². The van der Waals surface area contributed by atoms with E-state index in [1.54, 1.807) is 33.9 Å². The van der Waals surface area contributed by atoms with Crippen LogP contribution in [0.1, 0.15) is 89.5 Å². The van der Waals surface area contributed by atoms with Gasteiger partial charge in [-0.05, 0) is 83.2 Å². The molecular weight excluding hydrogens is 660 g/mol. The van der Waals surface area contributed by atoms with Crippen molar-refractivity contribution in [3.05, 3.63) is 96.1 Å². The van der Waals surface area contributed by atoms with Gasteiger partial charge in [0.15, 0.2) is 0 Å². The minimum absolute atomic E-state index is 0.0172. The number of ether oxygens (including phenoxy) is 3. The lowest BCUT2D eigenvalue weighted by Crippen LogP contribution is -2.31. The number of carbonyl (C=O) groups excluding carboxylic acids is 3. The van der Waals surface area contributed by atoms with Gasteiger partial charge in [0.05, 0.1) is 13.1 Å². The van der Waals surface area contributed by atoms with E-state index >= 15 is 0 Å². The van der Waals surface area contributed by atoms with E-state index < -0.39 is 17.3 Å². The Morgan fingerprint density at radius 2 is 1.23 bits per heavy atom. The van der Waals surface area contributed by atoms with Crippen LogP contribution in [0.2, 0.25) is 0 Å². The lowest BCUT2D eigenvalue weighted by molar-refractivity contribution is -0.156. The molecule has 1 aliphatic rings. The Kier molecular flexibility index (Phi) is 12.5. The topological polar surface area (TPSA) is 130 Å². The van der Waals surface area contributed by atoms with Gasteiger partial charge in [-0.25, -0.2) is 14.8 Å². The van der Waals surface area contributed by atoms with Crippen LogP contribution in [0.5, 0.6) is 0 Å². The summed E-state index contributed by atoms with van der Waals surface area (Å²) in [6.45, 7) is 13.5. The number of nitrogens with one attached hydrogen (secondary N) is 1. The first-order valence-electron chi connectivity index (χ1n) is 18.0. The van der Waals surface area contributed by atoms with Crippen LogP contribution in [0.3, 0.4) is 0 Å². The third-order valence-electron chi connectivity index (χ3n) is 8.54. The van der Waals surface area contributed by atoms with Gasteiger partial charge in [0.25, 0.3) is 0 Å². The summed E-state index contributed by atoms with van der Waals surface area (Å²) in [5, 5.41) is 2.91. The van der Waals surface area contributed by atoms with Gasteiger partial charge in [-0.2, -0.15) is 0 Å². The fraction of sp³-hybridized carbons (Fsp3) is 0.475. The zero-order valence-electron chi connectivity index (χ0n) is 31.3. The first-order chi connectivity index (χ1) is 24.8. The van der Waals surface area contributed by atoms with Crippen molar-refractivity contribution in [2.45, 2.75) is 104 Å². The lowest BCUT2D eigenvalue weighted by atomic mass is 9.98. The van der Waals surface area contributed by atoms with E-state index in [0.29, 0.717) is 37.8 Å². The molecule has 0 fully saturated rings. The monoisotopic (exact) mass is 712 g/mol. The maximum absolute atomic E-state index is 12.7. The lowest BCUT2D eigenvalue weighted by Gasteiger charge is -2.24. The third-order valence-corrected chi connectivity index (χ3v) is 8.54. The van der Waals surface area contributed by atoms with E-state index in [9.17, 15) is 14.4 Å². The number of aromatic nitrogens is 4. The van der Waals surface area contributed by atoms with Gasteiger partial charge < -0.3 is 28.7 Å².